The van der Waals surface area contributed by atoms with E-state index in [0.29, 0.717) is 13.1 Å². The van der Waals surface area contributed by atoms with Crippen molar-refractivity contribution < 1.29 is 4.79 Å². The molecule has 0 unspecified atom stereocenters. The third-order valence-electron chi connectivity index (χ3n) is 4.14. The van der Waals surface area contributed by atoms with Crippen LogP contribution in [0, 0.1) is 0 Å². The maximum atomic E-state index is 12.7. The highest BCUT2D eigenvalue weighted by molar-refractivity contribution is 6.02. The zero-order valence-electron chi connectivity index (χ0n) is 12.2. The van der Waals surface area contributed by atoms with Crippen LogP contribution in [0.5, 0.6) is 0 Å². The highest BCUT2D eigenvalue weighted by Gasteiger charge is 2.28. The third-order valence-corrected chi connectivity index (χ3v) is 4.14. The van der Waals surface area contributed by atoms with Crippen molar-refractivity contribution in [2.75, 3.05) is 18.0 Å². The number of hydrogen-bond donors (Lipinski definition) is 2. The highest BCUT2D eigenvalue weighted by Crippen LogP contribution is 2.32. The molecule has 0 saturated carbocycles. The molecule has 2 aliphatic rings. The van der Waals surface area contributed by atoms with Crippen molar-refractivity contribution in [3.63, 3.8) is 0 Å². The number of carbonyl (C=O) groups is 1. The van der Waals surface area contributed by atoms with Crippen molar-refractivity contribution in [2.45, 2.75) is 19.5 Å². The third kappa shape index (κ3) is 2.17. The summed E-state index contributed by atoms with van der Waals surface area (Å²) in [6, 6.07) is 7.98. The molecule has 0 fully saturated rings. The number of fused-ring (bicyclic) bond motifs is 2. The van der Waals surface area contributed by atoms with Crippen LogP contribution in [0.15, 0.2) is 30.6 Å². The number of carbonyl (C=O) groups excluding carboxylic acids is 1. The molecule has 0 atom stereocenters. The van der Waals surface area contributed by atoms with E-state index in [0.717, 1.165) is 47.8 Å². The minimum atomic E-state index is 0.0179. The Morgan fingerprint density at radius 1 is 1.05 bits per heavy atom. The van der Waals surface area contributed by atoms with Crippen LogP contribution in [-0.2, 0) is 24.3 Å². The number of nitrogens with zero attached hydrogens (tertiary/aromatic N) is 3. The predicted molar refractivity (Wildman–Crippen MR) is 82.7 cm³/mol. The van der Waals surface area contributed by atoms with E-state index in [1.807, 2.05) is 24.3 Å². The van der Waals surface area contributed by atoms with Crippen molar-refractivity contribution >= 4 is 17.4 Å². The summed E-state index contributed by atoms with van der Waals surface area (Å²) in [5, 5.41) is 6.49. The van der Waals surface area contributed by atoms with Crippen LogP contribution in [0.25, 0.3) is 0 Å². The summed E-state index contributed by atoms with van der Waals surface area (Å²) in [7, 11) is 0. The SMILES string of the molecule is O=C1CNCc2ccccc2N1c1ncnc2c1CCNC2. The summed E-state index contributed by atoms with van der Waals surface area (Å²) >= 11 is 0. The summed E-state index contributed by atoms with van der Waals surface area (Å²) in [5.41, 5.74) is 4.08. The smallest absolute Gasteiger partial charge is 0.246 e. The molecule has 22 heavy (non-hydrogen) atoms. The van der Waals surface area contributed by atoms with E-state index >= 15 is 0 Å². The molecule has 2 aliphatic heterocycles. The predicted octanol–water partition coefficient (Wildman–Crippen LogP) is 0.890. The second kappa shape index (κ2) is 5.47. The zero-order valence-corrected chi connectivity index (χ0v) is 12.2. The molecule has 1 aromatic heterocycles. The van der Waals surface area contributed by atoms with E-state index in [2.05, 4.69) is 20.6 Å². The van der Waals surface area contributed by atoms with Crippen molar-refractivity contribution in [2.24, 2.45) is 0 Å². The van der Waals surface area contributed by atoms with Gasteiger partial charge in [0, 0.05) is 18.7 Å². The molecule has 0 bridgehead atoms. The van der Waals surface area contributed by atoms with E-state index in [4.69, 9.17) is 0 Å². The van der Waals surface area contributed by atoms with Gasteiger partial charge in [-0.25, -0.2) is 9.97 Å². The minimum Gasteiger partial charge on any atom is -0.311 e. The fourth-order valence-corrected chi connectivity index (χ4v) is 3.09. The molecule has 0 aliphatic carbocycles. The fourth-order valence-electron chi connectivity index (χ4n) is 3.09. The Hall–Kier alpha value is -2.31. The molecule has 4 rings (SSSR count). The molecule has 1 amide bonds. The molecular formula is C16H17N5O. The van der Waals surface area contributed by atoms with Gasteiger partial charge in [0.15, 0.2) is 0 Å². The number of para-hydroxylation sites is 1. The molecule has 1 aromatic carbocycles. The molecule has 2 N–H and O–H groups in total. The van der Waals surface area contributed by atoms with Gasteiger partial charge in [0.05, 0.1) is 17.9 Å². The standard InChI is InChI=1S/C16H17N5O/c22-15-9-18-7-11-3-1-2-4-14(11)21(15)16-12-5-6-17-8-13(12)19-10-20-16/h1-4,10,17-18H,5-9H2. The lowest BCUT2D eigenvalue weighted by atomic mass is 10.1. The number of hydrogen-bond acceptors (Lipinski definition) is 5. The van der Waals surface area contributed by atoms with Crippen molar-refractivity contribution in [3.8, 4) is 0 Å². The Labute approximate surface area is 128 Å². The van der Waals surface area contributed by atoms with Gasteiger partial charge in [-0.1, -0.05) is 18.2 Å². The first-order valence-corrected chi connectivity index (χ1v) is 7.49. The van der Waals surface area contributed by atoms with Gasteiger partial charge in [-0.2, -0.15) is 0 Å². The molecule has 112 valence electrons. The van der Waals surface area contributed by atoms with E-state index in [1.165, 1.54) is 0 Å². The minimum absolute atomic E-state index is 0.0179. The highest BCUT2D eigenvalue weighted by atomic mass is 16.2. The van der Waals surface area contributed by atoms with Crippen LogP contribution in [0.4, 0.5) is 11.5 Å². The monoisotopic (exact) mass is 295 g/mol. The normalized spacial score (nSPS) is 17.6. The maximum Gasteiger partial charge on any atom is 0.246 e. The summed E-state index contributed by atoms with van der Waals surface area (Å²) in [5.74, 6) is 0.747. The van der Waals surface area contributed by atoms with Crippen LogP contribution in [0.1, 0.15) is 16.8 Å². The van der Waals surface area contributed by atoms with Crippen LogP contribution in [0.2, 0.25) is 0 Å². The second-order valence-electron chi connectivity index (χ2n) is 5.51. The fraction of sp³-hybridized carbons (Fsp3) is 0.312. The van der Waals surface area contributed by atoms with Gasteiger partial charge in [0.25, 0.3) is 0 Å². The second-order valence-corrected chi connectivity index (χ2v) is 5.51. The van der Waals surface area contributed by atoms with Crippen LogP contribution in [0.3, 0.4) is 0 Å². The first-order chi connectivity index (χ1) is 10.8. The van der Waals surface area contributed by atoms with Crippen molar-refractivity contribution in [3.05, 3.63) is 47.4 Å². The van der Waals surface area contributed by atoms with Crippen LogP contribution >= 0.6 is 0 Å². The van der Waals surface area contributed by atoms with Gasteiger partial charge in [-0.3, -0.25) is 9.69 Å². The molecule has 6 heteroatoms. The summed E-state index contributed by atoms with van der Waals surface area (Å²) in [6.45, 7) is 2.61. The number of rotatable bonds is 1. The molecule has 0 saturated heterocycles. The number of aromatic nitrogens is 2. The van der Waals surface area contributed by atoms with Crippen molar-refractivity contribution in [1.29, 1.82) is 0 Å². The Bertz CT molecular complexity index is 730. The van der Waals surface area contributed by atoms with Crippen molar-refractivity contribution in [1.82, 2.24) is 20.6 Å². The molecule has 6 nitrogen and oxygen atoms in total. The molecule has 3 heterocycles. The Kier molecular flexibility index (Phi) is 3.32. The molecule has 0 spiro atoms. The molecular weight excluding hydrogens is 278 g/mol. The lowest BCUT2D eigenvalue weighted by Gasteiger charge is -2.26. The Morgan fingerprint density at radius 3 is 2.91 bits per heavy atom. The number of anilines is 2. The average Bonchev–Trinajstić information content (AvgIpc) is 2.73. The number of amides is 1. The quantitative estimate of drug-likeness (QED) is 0.817. The van der Waals surface area contributed by atoms with Crippen LogP contribution in [-0.4, -0.2) is 29.0 Å². The number of benzene rings is 1. The van der Waals surface area contributed by atoms with Gasteiger partial charge in [0.2, 0.25) is 5.91 Å². The van der Waals surface area contributed by atoms with E-state index < -0.39 is 0 Å². The zero-order chi connectivity index (χ0) is 14.9. The van der Waals surface area contributed by atoms with Gasteiger partial charge in [0.1, 0.15) is 12.1 Å². The largest absolute Gasteiger partial charge is 0.311 e. The van der Waals surface area contributed by atoms with E-state index in [-0.39, 0.29) is 5.91 Å². The lowest BCUT2D eigenvalue weighted by molar-refractivity contribution is -0.117. The van der Waals surface area contributed by atoms with E-state index in [9.17, 15) is 4.79 Å². The molecule has 0 radical (unpaired) electrons. The Balaban J connectivity index is 1.89. The summed E-state index contributed by atoms with van der Waals surface area (Å²) < 4.78 is 0. The van der Waals surface area contributed by atoms with Gasteiger partial charge in [-0.15, -0.1) is 0 Å². The average molecular weight is 295 g/mol. The van der Waals surface area contributed by atoms with Gasteiger partial charge < -0.3 is 10.6 Å². The molecule has 2 aromatic rings. The Morgan fingerprint density at radius 2 is 1.95 bits per heavy atom. The first kappa shape index (κ1) is 13.4. The topological polar surface area (TPSA) is 70.2 Å². The number of nitrogens with one attached hydrogen (secondary N) is 2. The first-order valence-electron chi connectivity index (χ1n) is 7.49. The van der Waals surface area contributed by atoms with Gasteiger partial charge >= 0.3 is 0 Å². The lowest BCUT2D eigenvalue weighted by Crippen LogP contribution is -2.35. The van der Waals surface area contributed by atoms with Gasteiger partial charge in [-0.05, 0) is 24.6 Å². The van der Waals surface area contributed by atoms with E-state index in [1.54, 1.807) is 11.2 Å². The summed E-state index contributed by atoms with van der Waals surface area (Å²) in [4.78, 5) is 23.2. The van der Waals surface area contributed by atoms with Crippen LogP contribution < -0.4 is 15.5 Å². The summed E-state index contributed by atoms with van der Waals surface area (Å²) in [6.07, 6.45) is 2.39. The maximum absolute atomic E-state index is 12.7.